The molecule has 0 bridgehead atoms. The van der Waals surface area contributed by atoms with E-state index in [0.717, 1.165) is 14.5 Å². The molecule has 0 N–H and O–H groups in total. The maximum atomic E-state index is 11.1. The number of hydrogen-bond donors (Lipinski definition) is 0. The first kappa shape index (κ1) is 18.0. The zero-order valence-corrected chi connectivity index (χ0v) is 15.5. The van der Waals surface area contributed by atoms with Gasteiger partial charge in [0.05, 0.1) is 0 Å². The molecule has 0 aromatic rings. The van der Waals surface area contributed by atoms with Gasteiger partial charge in [0.15, 0.2) is 0 Å². The van der Waals surface area contributed by atoms with Crippen LogP contribution >= 0.6 is 0 Å². The van der Waals surface area contributed by atoms with Crippen LogP contribution in [-0.2, 0) is 3.37 Å². The summed E-state index contributed by atoms with van der Waals surface area (Å²) in [5, 5.41) is 0. The van der Waals surface area contributed by atoms with Gasteiger partial charge in [-0.15, -0.1) is 0 Å². The van der Waals surface area contributed by atoms with E-state index in [1.54, 1.807) is 0 Å². The summed E-state index contributed by atoms with van der Waals surface area (Å²) < 4.78 is 40.1. The first-order chi connectivity index (χ1) is 8.72. The molecule has 1 heterocycles. The Morgan fingerprint density at radius 2 is 1.45 bits per heavy atom. The molecule has 0 saturated carbocycles. The summed E-state index contributed by atoms with van der Waals surface area (Å²) in [4.78, 5) is 0. The van der Waals surface area contributed by atoms with Gasteiger partial charge >= 0.3 is 127 Å². The summed E-state index contributed by atoms with van der Waals surface area (Å²) in [6, 6.07) is 0. The standard InChI is InChI=1S/C14H23ClO4Se/c1-10-8-11(13(2,3)4)20(19-15(16,17)18)12(9-10)14(5,6)7/h8-9H,1-7H3. The summed E-state index contributed by atoms with van der Waals surface area (Å²) in [7, 11) is -4.42. The molecule has 1 aliphatic rings. The van der Waals surface area contributed by atoms with Crippen molar-refractivity contribution in [3.63, 3.8) is 0 Å². The summed E-state index contributed by atoms with van der Waals surface area (Å²) in [6.07, 6.45) is 3.92. The van der Waals surface area contributed by atoms with Gasteiger partial charge < -0.3 is 0 Å². The summed E-state index contributed by atoms with van der Waals surface area (Å²) in [6.45, 7) is 14.0. The Kier molecular flexibility index (Phi) is 5.10. The number of halogens is 1. The number of allylic oxidation sites excluding steroid dienone is 4. The van der Waals surface area contributed by atoms with E-state index in [4.69, 9.17) is 3.37 Å². The van der Waals surface area contributed by atoms with Crippen molar-refractivity contribution in [1.29, 1.82) is 0 Å². The van der Waals surface area contributed by atoms with Crippen LogP contribution in [0.3, 0.4) is 0 Å². The van der Waals surface area contributed by atoms with Crippen molar-refractivity contribution in [2.75, 3.05) is 0 Å². The second kappa shape index (κ2) is 5.65. The molecule has 0 spiro atoms. The Morgan fingerprint density at radius 3 is 1.80 bits per heavy atom. The predicted molar refractivity (Wildman–Crippen MR) is 72.6 cm³/mol. The van der Waals surface area contributed by atoms with E-state index in [9.17, 15) is 14.0 Å². The molecule has 0 fully saturated rings. The molecule has 0 amide bonds. The minimum atomic E-state index is -4.42. The van der Waals surface area contributed by atoms with Crippen molar-refractivity contribution in [2.45, 2.75) is 48.5 Å². The molecule has 6 heteroatoms. The summed E-state index contributed by atoms with van der Waals surface area (Å²) >= 11 is -2.32. The van der Waals surface area contributed by atoms with Crippen molar-refractivity contribution in [3.05, 3.63) is 22.2 Å². The Bertz CT molecular complexity index is 485. The molecule has 0 aliphatic carbocycles. The van der Waals surface area contributed by atoms with Crippen LogP contribution in [0.15, 0.2) is 22.2 Å². The van der Waals surface area contributed by atoms with Crippen molar-refractivity contribution in [2.24, 2.45) is 10.8 Å². The van der Waals surface area contributed by atoms with E-state index >= 15 is 0 Å². The van der Waals surface area contributed by atoms with Crippen LogP contribution in [0.2, 0.25) is 0 Å². The van der Waals surface area contributed by atoms with Gasteiger partial charge in [-0.25, -0.2) is 0 Å². The quantitative estimate of drug-likeness (QED) is 0.650. The van der Waals surface area contributed by atoms with Crippen LogP contribution in [0.4, 0.5) is 0 Å². The van der Waals surface area contributed by atoms with E-state index < -0.39 is 24.0 Å². The Labute approximate surface area is 127 Å². The molecular weight excluding hydrogens is 347 g/mol. The van der Waals surface area contributed by atoms with Gasteiger partial charge in [-0.3, -0.25) is 0 Å². The molecule has 1 unspecified atom stereocenters. The first-order valence-corrected chi connectivity index (χ1v) is 9.99. The van der Waals surface area contributed by atoms with Crippen molar-refractivity contribution < 1.29 is 27.6 Å². The van der Waals surface area contributed by atoms with E-state index in [2.05, 4.69) is 0 Å². The van der Waals surface area contributed by atoms with Crippen molar-refractivity contribution in [1.82, 2.24) is 0 Å². The van der Waals surface area contributed by atoms with E-state index in [-0.39, 0.29) is 10.8 Å². The average molecular weight is 370 g/mol. The molecule has 0 aromatic carbocycles. The summed E-state index contributed by atoms with van der Waals surface area (Å²) in [5.74, 6) is 0. The second-order valence-electron chi connectivity index (χ2n) is 6.97. The van der Waals surface area contributed by atoms with E-state index in [1.807, 2.05) is 60.6 Å². The molecule has 20 heavy (non-hydrogen) atoms. The SMILES string of the molecule is CC1=CC(C(C)(C)C)=[Se](O[Cl+3]([O-])([O-])[O-])C(C(C)(C)C)=C1. The van der Waals surface area contributed by atoms with Crippen LogP contribution in [0.5, 0.6) is 0 Å². The molecule has 0 radical (unpaired) electrons. The normalized spacial score (nSPS) is 21.7. The Balaban J connectivity index is 3.53. The van der Waals surface area contributed by atoms with Gasteiger partial charge in [0.2, 0.25) is 0 Å². The molecule has 1 atom stereocenters. The van der Waals surface area contributed by atoms with Gasteiger partial charge in [-0.1, -0.05) is 0 Å². The molecule has 0 saturated heterocycles. The third-order valence-corrected chi connectivity index (χ3v) is 9.52. The topological polar surface area (TPSA) is 78.4 Å². The fourth-order valence-corrected chi connectivity index (χ4v) is 7.99. The van der Waals surface area contributed by atoms with Crippen LogP contribution < -0.4 is 14.0 Å². The van der Waals surface area contributed by atoms with Crippen LogP contribution in [0.25, 0.3) is 0 Å². The molecular formula is C14H23ClO4Se. The monoisotopic (exact) mass is 370 g/mol. The average Bonchev–Trinajstić information content (AvgIpc) is 2.14. The fraction of sp³-hybridized carbons (Fsp3) is 0.643. The zero-order chi connectivity index (χ0) is 15.9. The van der Waals surface area contributed by atoms with E-state index in [0.29, 0.717) is 0 Å². The molecule has 1 rings (SSSR count). The molecule has 4 nitrogen and oxygen atoms in total. The van der Waals surface area contributed by atoms with Crippen LogP contribution in [0.1, 0.15) is 48.5 Å². The Hall–Kier alpha value is -0.000519. The third kappa shape index (κ3) is 4.78. The minimum absolute atomic E-state index is 0.239. The van der Waals surface area contributed by atoms with E-state index in [1.165, 1.54) is 0 Å². The van der Waals surface area contributed by atoms with Crippen molar-refractivity contribution >= 4 is 18.2 Å². The van der Waals surface area contributed by atoms with Gasteiger partial charge in [-0.05, 0) is 0 Å². The Morgan fingerprint density at radius 1 is 0.950 bits per heavy atom. The maximum absolute atomic E-state index is 11.1. The van der Waals surface area contributed by atoms with Crippen LogP contribution in [-0.4, -0.2) is 18.2 Å². The first-order valence-electron chi connectivity index (χ1n) is 6.35. The van der Waals surface area contributed by atoms with Gasteiger partial charge in [0, 0.05) is 0 Å². The number of rotatable bonds is 2. The van der Waals surface area contributed by atoms with Gasteiger partial charge in [-0.2, -0.15) is 0 Å². The number of hydrogen-bond acceptors (Lipinski definition) is 4. The molecule has 116 valence electrons. The zero-order valence-electron chi connectivity index (χ0n) is 13.1. The predicted octanol–water partition coefficient (Wildman–Crippen LogP) is 0.164. The summed E-state index contributed by atoms with van der Waals surface area (Å²) in [5.41, 5.74) is 0.580. The third-order valence-electron chi connectivity index (χ3n) is 2.74. The molecule has 0 aromatic heterocycles. The molecule has 1 aliphatic heterocycles. The fourth-order valence-electron chi connectivity index (χ4n) is 1.81. The van der Waals surface area contributed by atoms with Gasteiger partial charge in [0.1, 0.15) is 0 Å². The van der Waals surface area contributed by atoms with Gasteiger partial charge in [0.25, 0.3) is 0 Å². The second-order valence-corrected chi connectivity index (χ2v) is 11.6. The van der Waals surface area contributed by atoms with Crippen LogP contribution in [0, 0.1) is 21.1 Å². The van der Waals surface area contributed by atoms with Crippen molar-refractivity contribution in [3.8, 4) is 0 Å².